The van der Waals surface area contributed by atoms with Crippen molar-refractivity contribution in [1.29, 1.82) is 0 Å². The summed E-state index contributed by atoms with van der Waals surface area (Å²) in [5, 5.41) is 6.67. The van der Waals surface area contributed by atoms with E-state index < -0.39 is 11.8 Å². The van der Waals surface area contributed by atoms with E-state index in [1.165, 1.54) is 12.3 Å². The Kier molecular flexibility index (Phi) is 5.81. The Labute approximate surface area is 194 Å². The van der Waals surface area contributed by atoms with Crippen molar-refractivity contribution >= 4 is 24.1 Å². The number of amides is 2. The number of ether oxygens (including phenoxy) is 4. The number of nitrogens with one attached hydrogen (secondary N) is 2. The molecule has 2 N–H and O–H groups in total. The molecule has 34 heavy (non-hydrogen) atoms. The third kappa shape index (κ3) is 4.68. The van der Waals surface area contributed by atoms with E-state index >= 15 is 0 Å². The lowest BCUT2D eigenvalue weighted by molar-refractivity contribution is -0.117. The van der Waals surface area contributed by atoms with Crippen LogP contribution in [0, 0.1) is 0 Å². The monoisotopic (exact) mass is 457 g/mol. The Bertz CT molecular complexity index is 1300. The fourth-order valence-corrected chi connectivity index (χ4v) is 3.33. The zero-order chi connectivity index (χ0) is 23.3. The third-order valence-corrected chi connectivity index (χ3v) is 5.01. The number of carbonyl (C=O) groups is 2. The number of hydrogen-bond acceptors (Lipinski definition) is 7. The van der Waals surface area contributed by atoms with E-state index in [4.69, 9.17) is 18.9 Å². The standard InChI is InChI=1S/C25H19N3O6/c29-24(18-4-2-1-3-5-18)27-19(10-16-6-8-20-22(11-16)33-14-31-20)25(30)28-26-13-17-7-9-21-23(12-17)34-15-32-21/h1-13H,14-15H2,(H,27,29)(H,28,30)/b19-10-,26-13?. The molecular weight excluding hydrogens is 438 g/mol. The molecule has 2 aliphatic heterocycles. The predicted molar refractivity (Wildman–Crippen MR) is 123 cm³/mol. The summed E-state index contributed by atoms with van der Waals surface area (Å²) in [5.41, 5.74) is 4.22. The maximum atomic E-state index is 12.9. The molecule has 5 rings (SSSR count). The van der Waals surface area contributed by atoms with Gasteiger partial charge in [0.2, 0.25) is 13.6 Å². The van der Waals surface area contributed by atoms with Gasteiger partial charge in [-0.25, -0.2) is 5.43 Å². The van der Waals surface area contributed by atoms with Crippen LogP contribution < -0.4 is 29.7 Å². The highest BCUT2D eigenvalue weighted by atomic mass is 16.7. The molecule has 3 aromatic rings. The summed E-state index contributed by atoms with van der Waals surface area (Å²) >= 11 is 0. The minimum Gasteiger partial charge on any atom is -0.454 e. The number of hydrazone groups is 1. The third-order valence-electron chi connectivity index (χ3n) is 5.01. The molecule has 0 spiro atoms. The van der Waals surface area contributed by atoms with Gasteiger partial charge in [0, 0.05) is 5.56 Å². The summed E-state index contributed by atoms with van der Waals surface area (Å²) in [7, 11) is 0. The van der Waals surface area contributed by atoms with Crippen LogP contribution in [0.1, 0.15) is 21.5 Å². The van der Waals surface area contributed by atoms with Gasteiger partial charge in [0.1, 0.15) is 5.70 Å². The minimum atomic E-state index is -0.598. The smallest absolute Gasteiger partial charge is 0.287 e. The molecule has 170 valence electrons. The van der Waals surface area contributed by atoms with Crippen LogP contribution in [-0.4, -0.2) is 31.6 Å². The second-order valence-corrected chi connectivity index (χ2v) is 7.30. The molecule has 2 amide bonds. The van der Waals surface area contributed by atoms with Gasteiger partial charge >= 0.3 is 0 Å². The Morgan fingerprint density at radius 2 is 1.38 bits per heavy atom. The van der Waals surface area contributed by atoms with Crippen molar-refractivity contribution in [2.24, 2.45) is 5.10 Å². The van der Waals surface area contributed by atoms with Gasteiger partial charge < -0.3 is 24.3 Å². The van der Waals surface area contributed by atoms with Crippen molar-refractivity contribution in [3.05, 3.63) is 89.1 Å². The highest BCUT2D eigenvalue weighted by molar-refractivity contribution is 6.05. The van der Waals surface area contributed by atoms with Crippen LogP contribution in [0.2, 0.25) is 0 Å². The van der Waals surface area contributed by atoms with E-state index in [0.29, 0.717) is 39.7 Å². The Balaban J connectivity index is 1.35. The molecular formula is C25H19N3O6. The molecule has 3 aromatic carbocycles. The number of fused-ring (bicyclic) bond motifs is 2. The molecule has 0 fully saturated rings. The number of benzene rings is 3. The van der Waals surface area contributed by atoms with Crippen LogP contribution in [-0.2, 0) is 4.79 Å². The maximum absolute atomic E-state index is 12.9. The SMILES string of the molecule is O=C(NN=Cc1ccc2c(c1)OCO2)/C(=C/c1ccc2c(c1)OCO2)NC(=O)c1ccccc1. The zero-order valence-electron chi connectivity index (χ0n) is 17.8. The first-order valence-electron chi connectivity index (χ1n) is 10.4. The van der Waals surface area contributed by atoms with Crippen molar-refractivity contribution in [2.75, 3.05) is 13.6 Å². The van der Waals surface area contributed by atoms with E-state index in [9.17, 15) is 9.59 Å². The van der Waals surface area contributed by atoms with Crippen LogP contribution in [0.3, 0.4) is 0 Å². The van der Waals surface area contributed by atoms with Crippen LogP contribution >= 0.6 is 0 Å². The molecule has 0 atom stereocenters. The average molecular weight is 457 g/mol. The van der Waals surface area contributed by atoms with Gasteiger partial charge in [0.25, 0.3) is 11.8 Å². The highest BCUT2D eigenvalue weighted by Gasteiger charge is 2.17. The lowest BCUT2D eigenvalue weighted by Crippen LogP contribution is -2.32. The van der Waals surface area contributed by atoms with E-state index in [0.717, 1.165) is 0 Å². The number of nitrogens with zero attached hydrogens (tertiary/aromatic N) is 1. The Hall–Kier alpha value is -4.79. The summed E-state index contributed by atoms with van der Waals surface area (Å²) in [5.74, 6) is 1.41. The van der Waals surface area contributed by atoms with Gasteiger partial charge in [-0.1, -0.05) is 24.3 Å². The molecule has 0 saturated carbocycles. The van der Waals surface area contributed by atoms with Gasteiger partial charge in [-0.15, -0.1) is 0 Å². The second-order valence-electron chi connectivity index (χ2n) is 7.30. The molecule has 0 saturated heterocycles. The molecule has 2 heterocycles. The molecule has 0 aliphatic carbocycles. The van der Waals surface area contributed by atoms with Crippen molar-refractivity contribution in [3.8, 4) is 23.0 Å². The van der Waals surface area contributed by atoms with E-state index in [1.807, 2.05) is 0 Å². The van der Waals surface area contributed by atoms with E-state index in [1.54, 1.807) is 66.7 Å². The van der Waals surface area contributed by atoms with Crippen molar-refractivity contribution in [3.63, 3.8) is 0 Å². The first kappa shape index (κ1) is 21.1. The zero-order valence-corrected chi connectivity index (χ0v) is 17.8. The maximum Gasteiger partial charge on any atom is 0.287 e. The fraction of sp³-hybridized carbons (Fsp3) is 0.0800. The minimum absolute atomic E-state index is 0.00977. The number of carbonyl (C=O) groups excluding carboxylic acids is 2. The Morgan fingerprint density at radius 1 is 0.765 bits per heavy atom. The van der Waals surface area contributed by atoms with Crippen LogP contribution in [0.4, 0.5) is 0 Å². The largest absolute Gasteiger partial charge is 0.454 e. The van der Waals surface area contributed by atoms with Crippen LogP contribution in [0.15, 0.2) is 77.5 Å². The van der Waals surface area contributed by atoms with Gasteiger partial charge in [0.15, 0.2) is 23.0 Å². The highest BCUT2D eigenvalue weighted by Crippen LogP contribution is 2.33. The van der Waals surface area contributed by atoms with Crippen molar-refractivity contribution in [2.45, 2.75) is 0 Å². The second kappa shape index (κ2) is 9.37. The topological polar surface area (TPSA) is 107 Å². The quantitative estimate of drug-likeness (QED) is 0.335. The van der Waals surface area contributed by atoms with E-state index in [2.05, 4.69) is 15.8 Å². The molecule has 0 unspecified atom stereocenters. The molecule has 0 bridgehead atoms. The Morgan fingerprint density at radius 3 is 2.09 bits per heavy atom. The van der Waals surface area contributed by atoms with Gasteiger partial charge in [-0.2, -0.15) is 5.10 Å². The predicted octanol–water partition coefficient (Wildman–Crippen LogP) is 3.07. The normalized spacial score (nSPS) is 13.7. The molecule has 0 radical (unpaired) electrons. The number of hydrogen-bond donors (Lipinski definition) is 2. The van der Waals surface area contributed by atoms with Crippen molar-refractivity contribution in [1.82, 2.24) is 10.7 Å². The van der Waals surface area contributed by atoms with Crippen LogP contribution in [0.5, 0.6) is 23.0 Å². The lowest BCUT2D eigenvalue weighted by atomic mass is 10.1. The summed E-state index contributed by atoms with van der Waals surface area (Å²) in [6.07, 6.45) is 3.01. The molecule has 0 aromatic heterocycles. The van der Waals surface area contributed by atoms with Crippen LogP contribution in [0.25, 0.3) is 6.08 Å². The average Bonchev–Trinajstić information content (AvgIpc) is 3.52. The fourth-order valence-electron chi connectivity index (χ4n) is 3.33. The summed E-state index contributed by atoms with van der Waals surface area (Å²) in [6, 6.07) is 19.1. The first-order chi connectivity index (χ1) is 16.7. The summed E-state index contributed by atoms with van der Waals surface area (Å²) < 4.78 is 21.3. The first-order valence-corrected chi connectivity index (χ1v) is 10.4. The van der Waals surface area contributed by atoms with Crippen molar-refractivity contribution < 1.29 is 28.5 Å². The molecule has 9 heteroatoms. The molecule has 2 aliphatic rings. The summed E-state index contributed by atoms with van der Waals surface area (Å²) in [4.78, 5) is 25.6. The lowest BCUT2D eigenvalue weighted by Gasteiger charge is -2.09. The van der Waals surface area contributed by atoms with Gasteiger partial charge in [0.05, 0.1) is 6.21 Å². The number of rotatable bonds is 6. The van der Waals surface area contributed by atoms with Gasteiger partial charge in [-0.05, 0) is 59.7 Å². The van der Waals surface area contributed by atoms with Gasteiger partial charge in [-0.3, -0.25) is 9.59 Å². The molecule has 9 nitrogen and oxygen atoms in total. The summed E-state index contributed by atoms with van der Waals surface area (Å²) in [6.45, 7) is 0.303. The van der Waals surface area contributed by atoms with E-state index in [-0.39, 0.29) is 19.3 Å².